The number of rotatable bonds is 9. The minimum atomic E-state index is -1.24. The number of benzene rings is 2. The fourth-order valence-corrected chi connectivity index (χ4v) is 2.94. The molecule has 0 aliphatic heterocycles. The Hall–Kier alpha value is -3.62. The molecule has 0 radical (unpaired) electrons. The number of nitro benzene ring substituents is 1. The van der Waals surface area contributed by atoms with E-state index in [9.17, 15) is 19.7 Å². The van der Waals surface area contributed by atoms with E-state index in [0.29, 0.717) is 18.7 Å². The lowest BCUT2D eigenvalue weighted by atomic mass is 10.1. The van der Waals surface area contributed by atoms with Gasteiger partial charge in [0.2, 0.25) is 6.10 Å². The van der Waals surface area contributed by atoms with Crippen LogP contribution in [0.15, 0.2) is 42.5 Å². The van der Waals surface area contributed by atoms with Gasteiger partial charge in [-0.2, -0.15) is 0 Å². The Balaban J connectivity index is 2.49. The first kappa shape index (κ1) is 22.7. The highest BCUT2D eigenvalue weighted by Crippen LogP contribution is 2.35. The number of hydrogen-bond acceptors (Lipinski definition) is 7. The number of carbonyl (C=O) groups excluding carboxylic acids is 2. The number of carbonyl (C=O) groups is 2. The second-order valence-electron chi connectivity index (χ2n) is 6.19. The summed E-state index contributed by atoms with van der Waals surface area (Å²) < 4.78 is 15.7. The van der Waals surface area contributed by atoms with Crippen LogP contribution in [0.5, 0.6) is 11.5 Å². The van der Waals surface area contributed by atoms with Gasteiger partial charge in [-0.05, 0) is 13.8 Å². The molecule has 0 aromatic heterocycles. The lowest BCUT2D eigenvalue weighted by molar-refractivity contribution is -0.385. The molecule has 2 aromatic rings. The van der Waals surface area contributed by atoms with Crippen LogP contribution in [0.25, 0.3) is 0 Å². The van der Waals surface area contributed by atoms with Crippen LogP contribution in [-0.2, 0) is 9.53 Å². The van der Waals surface area contributed by atoms with Crippen molar-refractivity contribution in [2.24, 2.45) is 0 Å². The number of likely N-dealkylation sites (N-methyl/N-ethyl adjacent to an activating group) is 1. The van der Waals surface area contributed by atoms with E-state index in [1.54, 1.807) is 30.3 Å². The van der Waals surface area contributed by atoms with Gasteiger partial charge in [0.25, 0.3) is 11.6 Å². The minimum absolute atomic E-state index is 0.0968. The van der Waals surface area contributed by atoms with Crippen LogP contribution in [0, 0.1) is 10.1 Å². The van der Waals surface area contributed by atoms with E-state index in [-0.39, 0.29) is 17.1 Å². The molecule has 2 aromatic carbocycles. The monoisotopic (exact) mass is 416 g/mol. The van der Waals surface area contributed by atoms with E-state index in [2.05, 4.69) is 0 Å². The first-order valence-corrected chi connectivity index (χ1v) is 9.32. The average molecular weight is 416 g/mol. The quantitative estimate of drug-likeness (QED) is 0.350. The number of ether oxygens (including phenoxy) is 3. The highest BCUT2D eigenvalue weighted by atomic mass is 16.6. The first-order valence-electron chi connectivity index (χ1n) is 9.32. The number of nitrogens with zero attached hydrogens (tertiary/aromatic N) is 2. The third kappa shape index (κ3) is 4.86. The maximum absolute atomic E-state index is 13.0. The van der Waals surface area contributed by atoms with Gasteiger partial charge in [0.1, 0.15) is 5.56 Å². The van der Waals surface area contributed by atoms with Gasteiger partial charge < -0.3 is 19.1 Å². The Bertz CT molecular complexity index is 911. The van der Waals surface area contributed by atoms with Crippen LogP contribution >= 0.6 is 0 Å². The van der Waals surface area contributed by atoms with E-state index in [0.717, 1.165) is 6.07 Å². The van der Waals surface area contributed by atoms with Gasteiger partial charge in [-0.1, -0.05) is 30.3 Å². The molecule has 30 heavy (non-hydrogen) atoms. The van der Waals surface area contributed by atoms with E-state index >= 15 is 0 Å². The normalized spacial score (nSPS) is 11.3. The second-order valence-corrected chi connectivity index (χ2v) is 6.19. The predicted octanol–water partition coefficient (Wildman–Crippen LogP) is 3.38. The van der Waals surface area contributed by atoms with Crippen molar-refractivity contribution >= 4 is 17.6 Å². The summed E-state index contributed by atoms with van der Waals surface area (Å²) in [5, 5.41) is 11.5. The SMILES string of the molecule is CCN(CC)C(=O)[C@@H](OC(=O)c1cc(OC)c(OC)cc1[N+](=O)[O-])c1ccccc1. The van der Waals surface area contributed by atoms with Crippen molar-refractivity contribution < 1.29 is 28.7 Å². The van der Waals surface area contributed by atoms with Crippen molar-refractivity contribution in [3.63, 3.8) is 0 Å². The Morgan fingerprint density at radius 3 is 2.10 bits per heavy atom. The van der Waals surface area contributed by atoms with Crippen LogP contribution < -0.4 is 9.47 Å². The van der Waals surface area contributed by atoms with Crippen LogP contribution in [0.3, 0.4) is 0 Å². The van der Waals surface area contributed by atoms with Gasteiger partial charge in [0.05, 0.1) is 25.2 Å². The number of amides is 1. The number of nitro groups is 1. The number of hydrogen-bond donors (Lipinski definition) is 0. The molecule has 9 heteroatoms. The largest absolute Gasteiger partial charge is 0.493 e. The topological polar surface area (TPSA) is 108 Å². The molecule has 0 N–H and O–H groups in total. The van der Waals surface area contributed by atoms with Gasteiger partial charge in [0, 0.05) is 24.7 Å². The fourth-order valence-electron chi connectivity index (χ4n) is 2.94. The lowest BCUT2D eigenvalue weighted by Gasteiger charge is -2.25. The number of methoxy groups -OCH3 is 2. The third-order valence-corrected chi connectivity index (χ3v) is 4.55. The Labute approximate surface area is 174 Å². The molecule has 0 aliphatic rings. The van der Waals surface area contributed by atoms with Crippen molar-refractivity contribution in [3.8, 4) is 11.5 Å². The average Bonchev–Trinajstić information content (AvgIpc) is 2.77. The zero-order valence-corrected chi connectivity index (χ0v) is 17.3. The first-order chi connectivity index (χ1) is 14.4. The summed E-state index contributed by atoms with van der Waals surface area (Å²) in [6.07, 6.45) is -1.24. The summed E-state index contributed by atoms with van der Waals surface area (Å²) in [7, 11) is 2.67. The van der Waals surface area contributed by atoms with Gasteiger partial charge in [-0.25, -0.2) is 4.79 Å². The summed E-state index contributed by atoms with van der Waals surface area (Å²) in [4.78, 5) is 38.2. The van der Waals surface area contributed by atoms with E-state index < -0.39 is 28.6 Å². The van der Waals surface area contributed by atoms with Gasteiger partial charge in [-0.3, -0.25) is 14.9 Å². The zero-order chi connectivity index (χ0) is 22.3. The molecular formula is C21H24N2O7. The van der Waals surface area contributed by atoms with E-state index in [1.165, 1.54) is 25.2 Å². The maximum atomic E-state index is 13.0. The molecule has 0 heterocycles. The summed E-state index contributed by atoms with van der Waals surface area (Å²) in [5.74, 6) is -1.21. The van der Waals surface area contributed by atoms with E-state index in [1.807, 2.05) is 13.8 Å². The summed E-state index contributed by atoms with van der Waals surface area (Å²) in [6, 6.07) is 10.8. The molecule has 0 saturated carbocycles. The van der Waals surface area contributed by atoms with Crippen molar-refractivity contribution in [3.05, 3.63) is 63.7 Å². The van der Waals surface area contributed by atoms with Crippen molar-refractivity contribution in [2.45, 2.75) is 20.0 Å². The molecule has 0 saturated heterocycles. The van der Waals surface area contributed by atoms with Crippen LogP contribution in [0.2, 0.25) is 0 Å². The van der Waals surface area contributed by atoms with Crippen LogP contribution in [0.4, 0.5) is 5.69 Å². The Kier molecular flexibility index (Phi) is 7.74. The number of esters is 1. The molecule has 0 spiro atoms. The third-order valence-electron chi connectivity index (χ3n) is 4.55. The Morgan fingerprint density at radius 1 is 1.03 bits per heavy atom. The molecule has 1 amide bonds. The molecule has 2 rings (SSSR count). The van der Waals surface area contributed by atoms with Crippen molar-refractivity contribution in [2.75, 3.05) is 27.3 Å². The lowest BCUT2D eigenvalue weighted by Crippen LogP contribution is -2.36. The highest BCUT2D eigenvalue weighted by Gasteiger charge is 2.32. The molecule has 1 atom stereocenters. The minimum Gasteiger partial charge on any atom is -0.493 e. The summed E-state index contributed by atoms with van der Waals surface area (Å²) in [5.41, 5.74) is -0.392. The van der Waals surface area contributed by atoms with Crippen molar-refractivity contribution in [1.29, 1.82) is 0 Å². The predicted molar refractivity (Wildman–Crippen MR) is 109 cm³/mol. The fraction of sp³-hybridized carbons (Fsp3) is 0.333. The molecule has 160 valence electrons. The van der Waals surface area contributed by atoms with Crippen LogP contribution in [0.1, 0.15) is 35.9 Å². The zero-order valence-electron chi connectivity index (χ0n) is 17.3. The summed E-state index contributed by atoms with van der Waals surface area (Å²) >= 11 is 0. The maximum Gasteiger partial charge on any atom is 0.346 e. The van der Waals surface area contributed by atoms with Gasteiger partial charge in [0.15, 0.2) is 11.5 Å². The smallest absolute Gasteiger partial charge is 0.346 e. The molecule has 9 nitrogen and oxygen atoms in total. The van der Waals surface area contributed by atoms with Crippen LogP contribution in [-0.4, -0.2) is 49.0 Å². The second kappa shape index (κ2) is 10.2. The van der Waals surface area contributed by atoms with Gasteiger partial charge in [-0.15, -0.1) is 0 Å². The van der Waals surface area contributed by atoms with Gasteiger partial charge >= 0.3 is 5.97 Å². The molecule has 0 bridgehead atoms. The molecule has 0 unspecified atom stereocenters. The molecule has 0 aliphatic carbocycles. The molecular weight excluding hydrogens is 392 g/mol. The molecule has 0 fully saturated rings. The van der Waals surface area contributed by atoms with E-state index in [4.69, 9.17) is 14.2 Å². The Morgan fingerprint density at radius 2 is 1.60 bits per heavy atom. The van der Waals surface area contributed by atoms with Crippen molar-refractivity contribution in [1.82, 2.24) is 4.90 Å². The standard InChI is InChI=1S/C21H24N2O7/c1-5-22(6-2)20(24)19(14-10-8-7-9-11-14)30-21(25)15-12-17(28-3)18(29-4)13-16(15)23(26)27/h7-13,19H,5-6H2,1-4H3/t19-/m0/s1. The summed E-state index contributed by atoms with van der Waals surface area (Å²) in [6.45, 7) is 4.47. The highest BCUT2D eigenvalue weighted by molar-refractivity contribution is 5.97.